The molecule has 40 heavy (non-hydrogen) atoms. The number of amides is 1. The lowest BCUT2D eigenvalue weighted by molar-refractivity contribution is -0.332. The van der Waals surface area contributed by atoms with Crippen LogP contribution in [0.15, 0.2) is 0 Å². The Balaban J connectivity index is 1.85. The fraction of sp³-hybridized carbons (Fsp3) is 0.955. The number of carbonyl (C=O) groups is 1. The Bertz CT molecular complexity index is 815. The molecule has 1 saturated carbocycles. The molecule has 3 rings (SSSR count). The van der Waals surface area contributed by atoms with Crippen molar-refractivity contribution < 1.29 is 64.6 Å². The maximum absolute atomic E-state index is 12.6. The van der Waals surface area contributed by atoms with Gasteiger partial charge >= 0.3 is 0 Å². The predicted molar refractivity (Wildman–Crippen MR) is 131 cm³/mol. The lowest BCUT2D eigenvalue weighted by Gasteiger charge is -2.49. The minimum atomic E-state index is -1.76. The molecular weight excluding hydrogens is 542 g/mol. The van der Waals surface area contributed by atoms with Crippen LogP contribution < -0.4 is 28.3 Å². The summed E-state index contributed by atoms with van der Waals surface area (Å²) >= 11 is 0. The fourth-order valence-electron chi connectivity index (χ4n) is 5.07. The van der Waals surface area contributed by atoms with Crippen molar-refractivity contribution in [1.82, 2.24) is 5.32 Å². The van der Waals surface area contributed by atoms with Crippen LogP contribution in [0.4, 0.5) is 0 Å². The van der Waals surface area contributed by atoms with Crippen LogP contribution in [0.25, 0.3) is 0 Å². The monoisotopic (exact) mass is 585 g/mol. The van der Waals surface area contributed by atoms with Crippen LogP contribution in [-0.2, 0) is 23.7 Å². The third kappa shape index (κ3) is 7.06. The molecule has 18 nitrogen and oxygen atoms in total. The van der Waals surface area contributed by atoms with E-state index in [0.717, 1.165) is 0 Å². The van der Waals surface area contributed by atoms with E-state index in [9.17, 15) is 45.6 Å². The zero-order valence-electron chi connectivity index (χ0n) is 21.7. The van der Waals surface area contributed by atoms with Gasteiger partial charge in [-0.2, -0.15) is 0 Å². The third-order valence-electron chi connectivity index (χ3n) is 7.51. The van der Waals surface area contributed by atoms with Crippen molar-refractivity contribution in [3.8, 4) is 0 Å². The van der Waals surface area contributed by atoms with E-state index in [1.54, 1.807) is 0 Å². The summed E-state index contributed by atoms with van der Waals surface area (Å²) in [5.41, 5.74) is 23.1. The number of hydrogen-bond donors (Lipinski definition) is 13. The quantitative estimate of drug-likeness (QED) is 0.113. The first kappa shape index (κ1) is 33.3. The molecule has 0 aromatic carbocycles. The average Bonchev–Trinajstić information content (AvgIpc) is 2.92. The molecule has 2 aliphatic heterocycles. The van der Waals surface area contributed by atoms with Crippen molar-refractivity contribution in [2.24, 2.45) is 22.9 Å². The van der Waals surface area contributed by atoms with Gasteiger partial charge in [-0.3, -0.25) is 4.79 Å². The molecule has 17 N–H and O–H groups in total. The summed E-state index contributed by atoms with van der Waals surface area (Å²) in [6, 6.07) is -3.45. The van der Waals surface area contributed by atoms with E-state index >= 15 is 0 Å². The average molecular weight is 586 g/mol. The smallest absolute Gasteiger partial charge is 0.249 e. The summed E-state index contributed by atoms with van der Waals surface area (Å²) in [7, 11) is 0. The first-order chi connectivity index (χ1) is 18.9. The number of nitrogens with two attached hydrogens (primary N) is 4. The zero-order chi connectivity index (χ0) is 29.9. The first-order valence-electron chi connectivity index (χ1n) is 13.1. The third-order valence-corrected chi connectivity index (χ3v) is 7.51. The summed E-state index contributed by atoms with van der Waals surface area (Å²) < 4.78 is 22.5. The maximum Gasteiger partial charge on any atom is 0.249 e. The van der Waals surface area contributed by atoms with Gasteiger partial charge in [0, 0.05) is 12.6 Å². The summed E-state index contributed by atoms with van der Waals surface area (Å²) in [5.74, 6) is -0.845. The van der Waals surface area contributed by atoms with Crippen LogP contribution in [0, 0.1) is 0 Å². The summed E-state index contributed by atoms with van der Waals surface area (Å²) in [5, 5.41) is 84.9. The van der Waals surface area contributed by atoms with Gasteiger partial charge in [0.2, 0.25) is 5.91 Å². The van der Waals surface area contributed by atoms with E-state index in [1.807, 2.05) is 0 Å². The van der Waals surface area contributed by atoms with E-state index < -0.39 is 110 Å². The minimum Gasteiger partial charge on any atom is -0.394 e. The first-order valence-corrected chi connectivity index (χ1v) is 13.1. The second-order valence-electron chi connectivity index (χ2n) is 10.3. The molecule has 3 aliphatic rings. The highest BCUT2D eigenvalue weighted by molar-refractivity contribution is 5.80. The molecule has 1 aliphatic carbocycles. The molecule has 2 heterocycles. The van der Waals surface area contributed by atoms with Gasteiger partial charge in [-0.25, -0.2) is 0 Å². The number of ether oxygens (including phenoxy) is 4. The molecule has 0 aromatic rings. The maximum atomic E-state index is 12.6. The number of carbonyl (C=O) groups excluding carboxylic acids is 1. The highest BCUT2D eigenvalue weighted by Crippen LogP contribution is 2.32. The van der Waals surface area contributed by atoms with E-state index in [2.05, 4.69) is 5.32 Å². The highest BCUT2D eigenvalue weighted by Gasteiger charge is 2.52. The summed E-state index contributed by atoms with van der Waals surface area (Å²) in [4.78, 5) is 12.6. The van der Waals surface area contributed by atoms with Crippen molar-refractivity contribution in [3.63, 3.8) is 0 Å². The van der Waals surface area contributed by atoms with Crippen molar-refractivity contribution in [1.29, 1.82) is 0 Å². The molecule has 0 radical (unpaired) electrons. The summed E-state index contributed by atoms with van der Waals surface area (Å²) in [6.45, 7) is -0.898. The Morgan fingerprint density at radius 1 is 0.850 bits per heavy atom. The molecule has 3 fully saturated rings. The largest absolute Gasteiger partial charge is 0.394 e. The Morgan fingerprint density at radius 3 is 2.05 bits per heavy atom. The molecule has 0 bridgehead atoms. The number of rotatable bonds is 10. The van der Waals surface area contributed by atoms with Gasteiger partial charge in [0.25, 0.3) is 0 Å². The van der Waals surface area contributed by atoms with E-state index in [-0.39, 0.29) is 25.9 Å². The molecule has 11 unspecified atom stereocenters. The molecule has 18 heteroatoms. The molecule has 0 aromatic heterocycles. The van der Waals surface area contributed by atoms with Crippen LogP contribution >= 0.6 is 0 Å². The van der Waals surface area contributed by atoms with Crippen molar-refractivity contribution >= 4 is 5.91 Å². The van der Waals surface area contributed by atoms with Gasteiger partial charge in [-0.15, -0.1) is 0 Å². The van der Waals surface area contributed by atoms with Crippen LogP contribution in [0.3, 0.4) is 0 Å². The highest BCUT2D eigenvalue weighted by atomic mass is 16.7. The molecule has 0 spiro atoms. The molecule has 2 saturated heterocycles. The van der Waals surface area contributed by atoms with Gasteiger partial charge in [0.1, 0.15) is 67.1 Å². The Hall–Kier alpha value is -1.17. The van der Waals surface area contributed by atoms with Crippen molar-refractivity contribution in [3.05, 3.63) is 0 Å². The normalized spacial score (nSPS) is 47.0. The molecule has 234 valence electrons. The second kappa shape index (κ2) is 14.3. The lowest BCUT2D eigenvalue weighted by Crippen LogP contribution is -2.69. The van der Waals surface area contributed by atoms with Gasteiger partial charge in [0.05, 0.1) is 18.7 Å². The van der Waals surface area contributed by atoms with Crippen LogP contribution in [0.1, 0.15) is 12.8 Å². The van der Waals surface area contributed by atoms with Crippen molar-refractivity contribution in [2.45, 2.75) is 111 Å². The summed E-state index contributed by atoms with van der Waals surface area (Å²) in [6.07, 6.45) is -19.8. The van der Waals surface area contributed by atoms with E-state index in [1.165, 1.54) is 0 Å². The number of nitrogens with one attached hydrogen (secondary N) is 1. The van der Waals surface area contributed by atoms with Crippen LogP contribution in [0.5, 0.6) is 0 Å². The van der Waals surface area contributed by atoms with Crippen LogP contribution in [-0.4, -0.2) is 164 Å². The minimum absolute atomic E-state index is 0.0101. The fourth-order valence-corrected chi connectivity index (χ4v) is 5.07. The number of aliphatic hydroxyl groups is 8. The standard InChI is InChI=1S/C22H43N5O13/c23-2-1-8(29)20(36)27-7-3-6(25)18(39-22-16(34)15(33)13(31)9(4-24)37-22)17(35)19(7)40-21-14(32)11(26)12(30)10(5-28)38-21/h6-19,21-22,28-35H,1-5,23-26H2,(H,27,36)/t6?,7?,8-,9?,10?,11?,12+,13+,14?,15?,16?,17-,18?,19-,21?,22?/m0/s1. The number of aliphatic hydroxyl groups excluding tert-OH is 8. The van der Waals surface area contributed by atoms with Gasteiger partial charge in [0.15, 0.2) is 12.6 Å². The SMILES string of the molecule is NCC[C@H](O)C(=O)NC1CC(N)C(OC2OC(CN)[C@@H](O)C(O)C2O)[C@H](O)[C@H]1OC1OC(CO)[C@@H](O)C(N)C1O. The zero-order valence-corrected chi connectivity index (χ0v) is 21.7. The molecule has 1 amide bonds. The van der Waals surface area contributed by atoms with Crippen molar-refractivity contribution in [2.75, 3.05) is 19.7 Å². The Kier molecular flexibility index (Phi) is 11.9. The van der Waals surface area contributed by atoms with Gasteiger partial charge < -0.3 is 88.1 Å². The van der Waals surface area contributed by atoms with Gasteiger partial charge in [-0.05, 0) is 19.4 Å². The predicted octanol–water partition coefficient (Wildman–Crippen LogP) is -8.42. The van der Waals surface area contributed by atoms with Crippen LogP contribution in [0.2, 0.25) is 0 Å². The topological polar surface area (TPSA) is 332 Å². The lowest BCUT2D eigenvalue weighted by atomic mass is 9.83. The molecule has 16 atom stereocenters. The second-order valence-corrected chi connectivity index (χ2v) is 10.3. The van der Waals surface area contributed by atoms with E-state index in [0.29, 0.717) is 0 Å². The van der Waals surface area contributed by atoms with Gasteiger partial charge in [-0.1, -0.05) is 0 Å². The number of hydrogen-bond acceptors (Lipinski definition) is 17. The Morgan fingerprint density at radius 2 is 1.45 bits per heavy atom. The van der Waals surface area contributed by atoms with E-state index in [4.69, 9.17) is 41.9 Å². The Labute approximate surface area is 229 Å². The molecular formula is C22H43N5O13.